The first-order valence-electron chi connectivity index (χ1n) is 8.70. The number of hydrogen-bond donors (Lipinski definition) is 0. The Hall–Kier alpha value is -2.20. The standard InChI is InChI=1S/C20H14BrClN2O4S2/c1-12-6-7-13(10-14(12)22)24-20(26)23(11-16(25)17-8-9-19(21)29-17)15-4-2-3-5-18(15)30(24,27)28/h2-10H,11H2,1H3. The number of carbonyl (C=O) groups is 2. The number of ketones is 1. The molecule has 1 aliphatic rings. The van der Waals surface area contributed by atoms with Gasteiger partial charge in [-0.3, -0.25) is 9.69 Å². The maximum Gasteiger partial charge on any atom is 0.343 e. The van der Waals surface area contributed by atoms with Gasteiger partial charge in [0.15, 0.2) is 5.78 Å². The fraction of sp³-hybridized carbons (Fsp3) is 0.100. The van der Waals surface area contributed by atoms with E-state index in [4.69, 9.17) is 11.6 Å². The average molecular weight is 526 g/mol. The molecule has 3 aromatic rings. The molecule has 0 spiro atoms. The molecule has 0 unspecified atom stereocenters. The monoisotopic (exact) mass is 524 g/mol. The van der Waals surface area contributed by atoms with Crippen molar-refractivity contribution in [2.45, 2.75) is 11.8 Å². The molecule has 0 bridgehead atoms. The van der Waals surface area contributed by atoms with Crippen molar-refractivity contribution in [1.82, 2.24) is 0 Å². The third-order valence-corrected chi connectivity index (χ3v) is 8.44. The molecule has 0 saturated heterocycles. The minimum Gasteiger partial charge on any atom is -0.291 e. The van der Waals surface area contributed by atoms with Gasteiger partial charge in [0.1, 0.15) is 4.90 Å². The molecule has 1 aromatic heterocycles. The van der Waals surface area contributed by atoms with E-state index in [1.165, 1.54) is 40.5 Å². The summed E-state index contributed by atoms with van der Waals surface area (Å²) < 4.78 is 28.0. The van der Waals surface area contributed by atoms with E-state index in [2.05, 4.69) is 15.9 Å². The van der Waals surface area contributed by atoms with Gasteiger partial charge in [0.2, 0.25) is 0 Å². The van der Waals surface area contributed by atoms with Crippen LogP contribution in [0.15, 0.2) is 63.3 Å². The first kappa shape index (κ1) is 21.0. The van der Waals surface area contributed by atoms with Gasteiger partial charge >= 0.3 is 6.03 Å². The number of hydrogen-bond acceptors (Lipinski definition) is 5. The van der Waals surface area contributed by atoms with Gasteiger partial charge in [0, 0.05) is 5.02 Å². The smallest absolute Gasteiger partial charge is 0.291 e. The molecule has 0 radical (unpaired) electrons. The van der Waals surface area contributed by atoms with E-state index in [1.54, 1.807) is 37.3 Å². The molecule has 4 rings (SSSR count). The number of fused-ring (bicyclic) bond motifs is 1. The number of rotatable bonds is 4. The number of aryl methyl sites for hydroxylation is 1. The van der Waals surface area contributed by atoms with Crippen LogP contribution in [0.2, 0.25) is 5.02 Å². The van der Waals surface area contributed by atoms with Gasteiger partial charge in [-0.15, -0.1) is 11.3 Å². The molecule has 2 heterocycles. The second-order valence-electron chi connectivity index (χ2n) is 6.57. The Balaban J connectivity index is 1.83. The Morgan fingerprint density at radius 3 is 2.53 bits per heavy atom. The number of para-hydroxylation sites is 1. The zero-order valence-corrected chi connectivity index (χ0v) is 19.5. The van der Waals surface area contributed by atoms with Crippen molar-refractivity contribution in [3.05, 3.63) is 73.8 Å². The fourth-order valence-electron chi connectivity index (χ4n) is 3.11. The minimum atomic E-state index is -4.18. The zero-order valence-electron chi connectivity index (χ0n) is 15.5. The molecule has 154 valence electrons. The number of sulfonamides is 1. The molecule has 0 saturated carbocycles. The van der Waals surface area contributed by atoms with Crippen LogP contribution in [0.1, 0.15) is 15.2 Å². The Bertz CT molecular complexity index is 1290. The lowest BCUT2D eigenvalue weighted by atomic mass is 10.2. The number of benzene rings is 2. The summed E-state index contributed by atoms with van der Waals surface area (Å²) in [6, 6.07) is 13.3. The number of anilines is 2. The van der Waals surface area contributed by atoms with E-state index in [0.717, 1.165) is 9.35 Å². The topological polar surface area (TPSA) is 74.8 Å². The number of urea groups is 1. The second-order valence-corrected chi connectivity index (χ2v) is 11.2. The number of thiophene rings is 1. The van der Waals surface area contributed by atoms with Gasteiger partial charge in [-0.1, -0.05) is 29.8 Å². The summed E-state index contributed by atoms with van der Waals surface area (Å²) in [7, 11) is -4.18. The Morgan fingerprint density at radius 1 is 1.13 bits per heavy atom. The van der Waals surface area contributed by atoms with Crippen molar-refractivity contribution in [2.24, 2.45) is 0 Å². The molecule has 6 nitrogen and oxygen atoms in total. The summed E-state index contributed by atoms with van der Waals surface area (Å²) in [5, 5.41) is 0.334. The van der Waals surface area contributed by atoms with E-state index in [0.29, 0.717) is 14.2 Å². The van der Waals surface area contributed by atoms with Crippen molar-refractivity contribution in [1.29, 1.82) is 0 Å². The normalized spacial score (nSPS) is 15.2. The molecule has 0 N–H and O–H groups in total. The van der Waals surface area contributed by atoms with Gasteiger partial charge in [-0.25, -0.2) is 13.2 Å². The Labute approximate surface area is 190 Å². The van der Waals surface area contributed by atoms with Gasteiger partial charge in [0.25, 0.3) is 10.0 Å². The highest BCUT2D eigenvalue weighted by molar-refractivity contribution is 9.11. The highest BCUT2D eigenvalue weighted by Gasteiger charge is 2.43. The van der Waals surface area contributed by atoms with Crippen LogP contribution in [0, 0.1) is 6.92 Å². The lowest BCUT2D eigenvalue weighted by Crippen LogP contribution is -2.52. The predicted molar refractivity (Wildman–Crippen MR) is 121 cm³/mol. The lowest BCUT2D eigenvalue weighted by molar-refractivity contribution is 0.100. The Kier molecular flexibility index (Phi) is 5.48. The largest absolute Gasteiger partial charge is 0.343 e. The summed E-state index contributed by atoms with van der Waals surface area (Å²) in [6.45, 7) is 1.48. The van der Waals surface area contributed by atoms with Crippen molar-refractivity contribution in [3.8, 4) is 0 Å². The summed E-state index contributed by atoms with van der Waals surface area (Å²) in [4.78, 5) is 27.7. The number of halogens is 2. The molecule has 0 aliphatic carbocycles. The van der Waals surface area contributed by atoms with Crippen molar-refractivity contribution in [2.75, 3.05) is 15.7 Å². The van der Waals surface area contributed by atoms with Crippen LogP contribution in [0.4, 0.5) is 16.2 Å². The van der Waals surface area contributed by atoms with Gasteiger partial charge in [-0.2, -0.15) is 4.31 Å². The number of amides is 2. The van der Waals surface area contributed by atoms with E-state index < -0.39 is 16.1 Å². The highest BCUT2D eigenvalue weighted by atomic mass is 79.9. The van der Waals surface area contributed by atoms with Crippen LogP contribution >= 0.6 is 38.9 Å². The summed E-state index contributed by atoms with van der Waals surface area (Å²) in [5.41, 5.74) is 1.03. The fourth-order valence-corrected chi connectivity index (χ4v) is 6.18. The third-order valence-electron chi connectivity index (χ3n) is 4.62. The predicted octanol–water partition coefficient (Wildman–Crippen LogP) is 5.49. The summed E-state index contributed by atoms with van der Waals surface area (Å²) in [6.07, 6.45) is 0. The molecule has 0 atom stereocenters. The summed E-state index contributed by atoms with van der Waals surface area (Å²) >= 11 is 10.7. The van der Waals surface area contributed by atoms with E-state index >= 15 is 0 Å². The van der Waals surface area contributed by atoms with Gasteiger partial charge < -0.3 is 0 Å². The molecular formula is C20H14BrClN2O4S2. The molecule has 10 heteroatoms. The van der Waals surface area contributed by atoms with E-state index in [-0.39, 0.29) is 28.6 Å². The van der Waals surface area contributed by atoms with Crippen molar-refractivity contribution in [3.63, 3.8) is 0 Å². The van der Waals surface area contributed by atoms with Crippen LogP contribution < -0.4 is 9.21 Å². The van der Waals surface area contributed by atoms with E-state index in [9.17, 15) is 18.0 Å². The minimum absolute atomic E-state index is 0.0542. The van der Waals surface area contributed by atoms with Crippen molar-refractivity contribution < 1.29 is 18.0 Å². The molecule has 2 amide bonds. The first-order valence-corrected chi connectivity index (χ1v) is 12.1. The molecule has 30 heavy (non-hydrogen) atoms. The van der Waals surface area contributed by atoms with Crippen molar-refractivity contribution >= 4 is 72.1 Å². The number of nitrogens with zero attached hydrogens (tertiary/aromatic N) is 2. The summed E-state index contributed by atoms with van der Waals surface area (Å²) in [5.74, 6) is -0.296. The number of Topliss-reactive ketones (excluding diaryl/α,β-unsaturated/α-hetero) is 1. The second kappa shape index (κ2) is 7.81. The van der Waals surface area contributed by atoms with Crippen LogP contribution in [-0.2, 0) is 10.0 Å². The maximum atomic E-state index is 13.3. The average Bonchev–Trinajstić information content (AvgIpc) is 3.14. The van der Waals surface area contributed by atoms with Crippen LogP contribution in [0.3, 0.4) is 0 Å². The SMILES string of the molecule is Cc1ccc(N2C(=O)N(CC(=O)c3ccc(Br)s3)c3ccccc3S2(=O)=O)cc1Cl. The molecule has 1 aliphatic heterocycles. The number of carbonyl (C=O) groups excluding carboxylic acids is 2. The maximum absolute atomic E-state index is 13.3. The van der Waals surface area contributed by atoms with Crippen LogP contribution in [0.25, 0.3) is 0 Å². The Morgan fingerprint density at radius 2 is 1.87 bits per heavy atom. The van der Waals surface area contributed by atoms with Crippen LogP contribution in [0.5, 0.6) is 0 Å². The van der Waals surface area contributed by atoms with E-state index in [1.807, 2.05) is 0 Å². The third kappa shape index (κ3) is 3.56. The van der Waals surface area contributed by atoms with Gasteiger partial charge in [-0.05, 0) is 64.8 Å². The molecule has 2 aromatic carbocycles. The quantitative estimate of drug-likeness (QED) is 0.422. The van der Waals surface area contributed by atoms with Crippen LogP contribution in [-0.4, -0.2) is 26.8 Å². The molecule has 0 fully saturated rings. The molecular weight excluding hydrogens is 512 g/mol. The van der Waals surface area contributed by atoms with Gasteiger partial charge in [0.05, 0.1) is 26.6 Å². The highest BCUT2D eigenvalue weighted by Crippen LogP contribution is 2.38. The first-order chi connectivity index (χ1) is 14.2. The zero-order chi connectivity index (χ0) is 21.6. The lowest BCUT2D eigenvalue weighted by Gasteiger charge is -2.35.